The van der Waals surface area contributed by atoms with Crippen molar-refractivity contribution in [1.82, 2.24) is 9.55 Å². The number of unbranched alkanes of at least 4 members (excludes halogenated alkanes) is 1. The van der Waals surface area contributed by atoms with Crippen LogP contribution in [-0.4, -0.2) is 9.55 Å². The van der Waals surface area contributed by atoms with Crippen LogP contribution in [0, 0.1) is 5.82 Å². The van der Waals surface area contributed by atoms with E-state index in [0.29, 0.717) is 28.7 Å². The number of aromatic nitrogens is 2. The highest BCUT2D eigenvalue weighted by Crippen LogP contribution is 2.28. The lowest BCUT2D eigenvalue weighted by atomic mass is 10.0. The van der Waals surface area contributed by atoms with E-state index >= 15 is 0 Å². The lowest BCUT2D eigenvalue weighted by molar-refractivity contribution is 0.151. The summed E-state index contributed by atoms with van der Waals surface area (Å²) in [7, 11) is 0. The molecule has 3 rings (SSSR count). The van der Waals surface area contributed by atoms with Gasteiger partial charge in [0.1, 0.15) is 5.52 Å². The highest BCUT2D eigenvalue weighted by atomic mass is 19.3. The van der Waals surface area contributed by atoms with Crippen LogP contribution in [0.4, 0.5) is 13.2 Å². The first-order valence-electron chi connectivity index (χ1n) is 7.63. The average Bonchev–Trinajstić information content (AvgIpc) is 2.88. The number of fused-ring (bicyclic) bond motifs is 1. The van der Waals surface area contributed by atoms with Crippen molar-refractivity contribution in [3.05, 3.63) is 54.1 Å². The topological polar surface area (TPSA) is 17.8 Å². The van der Waals surface area contributed by atoms with Crippen molar-refractivity contribution in [2.24, 2.45) is 0 Å². The van der Waals surface area contributed by atoms with Gasteiger partial charge in [-0.3, -0.25) is 4.98 Å². The molecule has 0 spiro atoms. The summed E-state index contributed by atoms with van der Waals surface area (Å²) in [6, 6.07) is 8.00. The largest absolute Gasteiger partial charge is 0.343 e. The highest BCUT2D eigenvalue weighted by molar-refractivity contribution is 5.82. The number of hydrogen-bond donors (Lipinski definition) is 0. The van der Waals surface area contributed by atoms with Gasteiger partial charge in [-0.15, -0.1) is 0 Å². The standard InChI is InChI=1S/C18H17F3N2/c1-2-3-7-23-11-15(19)17-16(23)9-14(10-22-17)12-5-4-6-13(8-12)18(20)21/h4-6,8-11,18H,2-3,7H2,1H3. The summed E-state index contributed by atoms with van der Waals surface area (Å²) in [5, 5.41) is 0. The Morgan fingerprint density at radius 2 is 2.00 bits per heavy atom. The second-order valence-electron chi connectivity index (χ2n) is 5.54. The van der Waals surface area contributed by atoms with Gasteiger partial charge in [0, 0.05) is 30.1 Å². The van der Waals surface area contributed by atoms with Crippen LogP contribution in [0.1, 0.15) is 31.8 Å². The second-order valence-corrected chi connectivity index (χ2v) is 5.54. The molecule has 3 aromatic rings. The van der Waals surface area contributed by atoms with Crippen LogP contribution >= 0.6 is 0 Å². The normalized spacial score (nSPS) is 11.5. The van der Waals surface area contributed by atoms with Crippen molar-refractivity contribution in [3.8, 4) is 11.1 Å². The minimum absolute atomic E-state index is 0.0323. The molecule has 0 saturated carbocycles. The van der Waals surface area contributed by atoms with E-state index in [1.165, 1.54) is 24.5 Å². The summed E-state index contributed by atoms with van der Waals surface area (Å²) in [5.74, 6) is -0.357. The van der Waals surface area contributed by atoms with Crippen LogP contribution in [0.2, 0.25) is 0 Å². The van der Waals surface area contributed by atoms with Gasteiger partial charge in [0.15, 0.2) is 5.82 Å². The first-order chi connectivity index (χ1) is 11.1. The molecular formula is C18H17F3N2. The van der Waals surface area contributed by atoms with Gasteiger partial charge in [0.05, 0.1) is 5.52 Å². The number of benzene rings is 1. The summed E-state index contributed by atoms with van der Waals surface area (Å²) >= 11 is 0. The average molecular weight is 318 g/mol. The number of alkyl halides is 2. The molecule has 2 heterocycles. The number of aryl methyl sites for hydroxylation is 1. The van der Waals surface area contributed by atoms with Gasteiger partial charge in [-0.1, -0.05) is 31.5 Å². The molecular weight excluding hydrogens is 301 g/mol. The molecule has 0 aliphatic carbocycles. The zero-order chi connectivity index (χ0) is 16.4. The summed E-state index contributed by atoms with van der Waals surface area (Å²) in [4.78, 5) is 4.18. The van der Waals surface area contributed by atoms with Gasteiger partial charge in [-0.25, -0.2) is 13.2 Å². The number of halogens is 3. The van der Waals surface area contributed by atoms with Crippen LogP contribution in [0.15, 0.2) is 42.7 Å². The van der Waals surface area contributed by atoms with E-state index in [1.807, 2.05) is 10.6 Å². The van der Waals surface area contributed by atoms with Crippen molar-refractivity contribution in [2.45, 2.75) is 32.7 Å². The highest BCUT2D eigenvalue weighted by Gasteiger charge is 2.12. The molecule has 0 atom stereocenters. The van der Waals surface area contributed by atoms with E-state index in [4.69, 9.17) is 0 Å². The van der Waals surface area contributed by atoms with E-state index < -0.39 is 6.43 Å². The Morgan fingerprint density at radius 3 is 2.74 bits per heavy atom. The monoisotopic (exact) mass is 318 g/mol. The maximum absolute atomic E-state index is 14.0. The Morgan fingerprint density at radius 1 is 1.17 bits per heavy atom. The molecule has 0 fully saturated rings. The first kappa shape index (κ1) is 15.6. The van der Waals surface area contributed by atoms with Gasteiger partial charge in [-0.2, -0.15) is 0 Å². The molecule has 2 aromatic heterocycles. The van der Waals surface area contributed by atoms with Crippen molar-refractivity contribution in [1.29, 1.82) is 0 Å². The van der Waals surface area contributed by atoms with E-state index in [9.17, 15) is 13.2 Å². The minimum Gasteiger partial charge on any atom is -0.343 e. The van der Waals surface area contributed by atoms with Gasteiger partial charge >= 0.3 is 0 Å². The summed E-state index contributed by atoms with van der Waals surface area (Å²) in [5.41, 5.74) is 2.33. The van der Waals surface area contributed by atoms with E-state index in [1.54, 1.807) is 12.1 Å². The molecule has 0 bridgehead atoms. The molecule has 0 N–H and O–H groups in total. The predicted molar refractivity (Wildman–Crippen MR) is 85.0 cm³/mol. The Labute approximate surface area is 132 Å². The third-order valence-corrected chi connectivity index (χ3v) is 3.90. The van der Waals surface area contributed by atoms with Crippen molar-refractivity contribution >= 4 is 11.0 Å². The molecule has 0 aliphatic rings. The van der Waals surface area contributed by atoms with Crippen LogP contribution in [0.25, 0.3) is 22.2 Å². The third-order valence-electron chi connectivity index (χ3n) is 3.90. The van der Waals surface area contributed by atoms with E-state index in [0.717, 1.165) is 12.8 Å². The summed E-state index contributed by atoms with van der Waals surface area (Å²) in [6.45, 7) is 2.78. The molecule has 0 amide bonds. The Bertz CT molecular complexity index is 824. The molecule has 1 aromatic carbocycles. The molecule has 120 valence electrons. The molecule has 0 radical (unpaired) electrons. The predicted octanol–water partition coefficient (Wildman–Crippen LogP) is 5.58. The lowest BCUT2D eigenvalue weighted by Gasteiger charge is -2.07. The smallest absolute Gasteiger partial charge is 0.263 e. The Kier molecular flexibility index (Phi) is 4.37. The maximum Gasteiger partial charge on any atom is 0.263 e. The number of rotatable bonds is 5. The van der Waals surface area contributed by atoms with Crippen molar-refractivity contribution in [2.75, 3.05) is 0 Å². The van der Waals surface area contributed by atoms with Crippen molar-refractivity contribution < 1.29 is 13.2 Å². The van der Waals surface area contributed by atoms with Gasteiger partial charge in [0.25, 0.3) is 6.43 Å². The quantitative estimate of drug-likeness (QED) is 0.600. The van der Waals surface area contributed by atoms with Gasteiger partial charge in [0.2, 0.25) is 0 Å². The van der Waals surface area contributed by atoms with Crippen LogP contribution in [-0.2, 0) is 6.54 Å². The van der Waals surface area contributed by atoms with Crippen molar-refractivity contribution in [3.63, 3.8) is 0 Å². The molecule has 0 aliphatic heterocycles. The molecule has 0 saturated heterocycles. The molecule has 2 nitrogen and oxygen atoms in total. The Hall–Kier alpha value is -2.30. The minimum atomic E-state index is -2.52. The second kappa shape index (κ2) is 6.44. The fourth-order valence-corrected chi connectivity index (χ4v) is 2.65. The third kappa shape index (κ3) is 3.09. The summed E-state index contributed by atoms with van der Waals surface area (Å²) < 4.78 is 41.5. The zero-order valence-corrected chi connectivity index (χ0v) is 12.8. The fourth-order valence-electron chi connectivity index (χ4n) is 2.65. The van der Waals surface area contributed by atoms with Gasteiger partial charge < -0.3 is 4.57 Å². The Balaban J connectivity index is 2.07. The van der Waals surface area contributed by atoms with E-state index in [2.05, 4.69) is 11.9 Å². The summed E-state index contributed by atoms with van der Waals surface area (Å²) in [6.07, 6.45) is 2.41. The SMILES string of the molecule is CCCCn1cc(F)c2ncc(-c3cccc(C(F)F)c3)cc21. The molecule has 23 heavy (non-hydrogen) atoms. The van der Waals surface area contributed by atoms with Crippen LogP contribution in [0.3, 0.4) is 0 Å². The first-order valence-corrected chi connectivity index (χ1v) is 7.63. The number of hydrogen-bond acceptors (Lipinski definition) is 1. The van der Waals surface area contributed by atoms with Crippen LogP contribution < -0.4 is 0 Å². The van der Waals surface area contributed by atoms with Crippen LogP contribution in [0.5, 0.6) is 0 Å². The molecule has 0 unspecified atom stereocenters. The number of nitrogens with zero attached hydrogens (tertiary/aromatic N) is 2. The fraction of sp³-hybridized carbons (Fsp3) is 0.278. The number of pyridine rings is 1. The zero-order valence-electron chi connectivity index (χ0n) is 12.8. The van der Waals surface area contributed by atoms with E-state index in [-0.39, 0.29) is 11.4 Å². The van der Waals surface area contributed by atoms with Gasteiger partial charge in [-0.05, 0) is 24.1 Å². The maximum atomic E-state index is 14.0. The molecule has 5 heteroatoms. The lowest BCUT2D eigenvalue weighted by Crippen LogP contribution is -1.96.